The normalized spacial score (nSPS) is 22.9. The number of nitrogens with one attached hydrogen (secondary N) is 2. The van der Waals surface area contributed by atoms with Crippen LogP contribution < -0.4 is 10.6 Å². The van der Waals surface area contributed by atoms with E-state index in [0.29, 0.717) is 6.04 Å². The van der Waals surface area contributed by atoms with E-state index >= 15 is 0 Å². The highest BCUT2D eigenvalue weighted by molar-refractivity contribution is 7.09. The number of hydrogen-bond donors (Lipinski definition) is 2. The van der Waals surface area contributed by atoms with Gasteiger partial charge in [0.05, 0.1) is 0 Å². The molecule has 1 saturated heterocycles. The fourth-order valence-corrected chi connectivity index (χ4v) is 2.00. The van der Waals surface area contributed by atoms with E-state index in [2.05, 4.69) is 20.0 Å². The lowest BCUT2D eigenvalue weighted by Crippen LogP contribution is -2.39. The zero-order valence-corrected chi connectivity index (χ0v) is 8.31. The zero-order valence-electron chi connectivity index (χ0n) is 7.49. The first kappa shape index (κ1) is 8.90. The third kappa shape index (κ3) is 2.63. The molecule has 2 N–H and O–H groups in total. The Morgan fingerprint density at radius 3 is 3.31 bits per heavy atom. The predicted octanol–water partition coefficient (Wildman–Crippen LogP) is 1.09. The van der Waals surface area contributed by atoms with Gasteiger partial charge >= 0.3 is 0 Å². The molecule has 1 atom stereocenters. The van der Waals surface area contributed by atoms with Crippen LogP contribution in [0.1, 0.15) is 19.3 Å². The fraction of sp³-hybridized carbons (Fsp3) is 0.750. The average molecular weight is 198 g/mol. The highest BCUT2D eigenvalue weighted by Crippen LogP contribution is 2.10. The van der Waals surface area contributed by atoms with Crippen LogP contribution in [0.4, 0.5) is 5.13 Å². The van der Waals surface area contributed by atoms with Crippen molar-refractivity contribution in [3.8, 4) is 0 Å². The number of anilines is 1. The van der Waals surface area contributed by atoms with Crippen LogP contribution in [0.3, 0.4) is 0 Å². The summed E-state index contributed by atoms with van der Waals surface area (Å²) in [5.74, 6) is 0. The van der Waals surface area contributed by atoms with Gasteiger partial charge in [0.1, 0.15) is 6.33 Å². The van der Waals surface area contributed by atoms with Gasteiger partial charge in [0, 0.05) is 24.1 Å². The van der Waals surface area contributed by atoms with Crippen molar-refractivity contribution >= 4 is 16.7 Å². The van der Waals surface area contributed by atoms with E-state index in [0.717, 1.165) is 18.2 Å². The Labute approximate surface area is 81.9 Å². The van der Waals surface area contributed by atoms with Crippen LogP contribution in [0.2, 0.25) is 0 Å². The molecule has 1 fully saturated rings. The minimum Gasteiger partial charge on any atom is -0.359 e. The summed E-state index contributed by atoms with van der Waals surface area (Å²) in [5, 5.41) is 7.68. The number of aromatic nitrogens is 2. The molecule has 2 rings (SSSR count). The van der Waals surface area contributed by atoms with E-state index < -0.39 is 0 Å². The number of rotatable bonds is 3. The van der Waals surface area contributed by atoms with Crippen LogP contribution in [-0.4, -0.2) is 28.5 Å². The maximum Gasteiger partial charge on any atom is 0.202 e. The monoisotopic (exact) mass is 198 g/mol. The predicted molar refractivity (Wildman–Crippen MR) is 54.0 cm³/mol. The largest absolute Gasteiger partial charge is 0.359 e. The summed E-state index contributed by atoms with van der Waals surface area (Å²) in [6, 6.07) is 0.609. The Hall–Kier alpha value is -0.680. The minimum atomic E-state index is 0.609. The molecule has 5 heteroatoms. The first-order valence-electron chi connectivity index (χ1n) is 4.69. The van der Waals surface area contributed by atoms with Crippen molar-refractivity contribution in [2.75, 3.05) is 18.4 Å². The molecule has 13 heavy (non-hydrogen) atoms. The Morgan fingerprint density at radius 1 is 1.62 bits per heavy atom. The number of nitrogens with zero attached hydrogens (tertiary/aromatic N) is 2. The summed E-state index contributed by atoms with van der Waals surface area (Å²) < 4.78 is 3.93. The molecule has 0 aromatic carbocycles. The van der Waals surface area contributed by atoms with Crippen molar-refractivity contribution in [1.29, 1.82) is 0 Å². The second-order valence-electron chi connectivity index (χ2n) is 3.27. The minimum absolute atomic E-state index is 0.609. The molecular weight excluding hydrogens is 184 g/mol. The standard InChI is InChI=1S/C8H14N4S/c1-2-4-9-7(3-1)5-10-8-11-6-12-13-8/h6-7,9H,1-5H2,(H,10,11,12). The van der Waals surface area contributed by atoms with Crippen molar-refractivity contribution in [2.24, 2.45) is 0 Å². The van der Waals surface area contributed by atoms with E-state index in [4.69, 9.17) is 0 Å². The third-order valence-corrected chi connectivity index (χ3v) is 2.90. The van der Waals surface area contributed by atoms with Crippen LogP contribution in [0.25, 0.3) is 0 Å². The van der Waals surface area contributed by atoms with Gasteiger partial charge in [0.15, 0.2) is 0 Å². The molecule has 2 heterocycles. The summed E-state index contributed by atoms with van der Waals surface area (Å²) in [6.07, 6.45) is 5.51. The quantitative estimate of drug-likeness (QED) is 0.763. The maximum atomic E-state index is 4.07. The fourth-order valence-electron chi connectivity index (χ4n) is 1.56. The molecule has 1 aromatic rings. The van der Waals surface area contributed by atoms with Crippen LogP contribution in [-0.2, 0) is 0 Å². The van der Waals surface area contributed by atoms with E-state index in [1.54, 1.807) is 6.33 Å². The van der Waals surface area contributed by atoms with Crippen molar-refractivity contribution in [3.63, 3.8) is 0 Å². The smallest absolute Gasteiger partial charge is 0.202 e. The zero-order chi connectivity index (χ0) is 8.93. The molecule has 0 bridgehead atoms. The van der Waals surface area contributed by atoms with Gasteiger partial charge in [0.25, 0.3) is 0 Å². The average Bonchev–Trinajstić information content (AvgIpc) is 2.69. The second-order valence-corrected chi connectivity index (χ2v) is 4.05. The lowest BCUT2D eigenvalue weighted by molar-refractivity contribution is 0.414. The summed E-state index contributed by atoms with van der Waals surface area (Å²) in [7, 11) is 0. The Morgan fingerprint density at radius 2 is 2.62 bits per heavy atom. The van der Waals surface area contributed by atoms with Gasteiger partial charge in [0.2, 0.25) is 5.13 Å². The van der Waals surface area contributed by atoms with E-state index in [9.17, 15) is 0 Å². The molecule has 0 spiro atoms. The van der Waals surface area contributed by atoms with E-state index in [-0.39, 0.29) is 0 Å². The summed E-state index contributed by atoms with van der Waals surface area (Å²) >= 11 is 1.41. The molecule has 0 saturated carbocycles. The first-order chi connectivity index (χ1) is 6.45. The van der Waals surface area contributed by atoms with Crippen LogP contribution in [0, 0.1) is 0 Å². The van der Waals surface area contributed by atoms with Gasteiger partial charge in [-0.2, -0.15) is 4.37 Å². The van der Waals surface area contributed by atoms with Crippen molar-refractivity contribution in [2.45, 2.75) is 25.3 Å². The Kier molecular flexibility index (Phi) is 3.10. The third-order valence-electron chi connectivity index (χ3n) is 2.27. The number of hydrogen-bond acceptors (Lipinski definition) is 5. The molecular formula is C8H14N4S. The molecule has 1 unspecified atom stereocenters. The summed E-state index contributed by atoms with van der Waals surface area (Å²) in [4.78, 5) is 4.07. The van der Waals surface area contributed by atoms with Gasteiger partial charge in [-0.15, -0.1) is 0 Å². The number of piperidine rings is 1. The van der Waals surface area contributed by atoms with Gasteiger partial charge in [-0.05, 0) is 19.4 Å². The SMILES string of the molecule is c1nsc(NCC2CCCCN2)n1. The van der Waals surface area contributed by atoms with Gasteiger partial charge < -0.3 is 10.6 Å². The highest BCUT2D eigenvalue weighted by Gasteiger charge is 2.11. The molecule has 0 radical (unpaired) electrons. The molecule has 1 aliphatic heterocycles. The molecule has 72 valence electrons. The first-order valence-corrected chi connectivity index (χ1v) is 5.46. The van der Waals surface area contributed by atoms with Crippen molar-refractivity contribution in [3.05, 3.63) is 6.33 Å². The lowest BCUT2D eigenvalue weighted by Gasteiger charge is -2.23. The molecule has 0 amide bonds. The van der Waals surface area contributed by atoms with Crippen LogP contribution in [0.15, 0.2) is 6.33 Å². The van der Waals surface area contributed by atoms with E-state index in [1.165, 1.54) is 30.8 Å². The molecule has 4 nitrogen and oxygen atoms in total. The van der Waals surface area contributed by atoms with Crippen molar-refractivity contribution in [1.82, 2.24) is 14.7 Å². The molecule has 1 aromatic heterocycles. The second kappa shape index (κ2) is 4.53. The highest BCUT2D eigenvalue weighted by atomic mass is 32.1. The molecule has 0 aliphatic carbocycles. The van der Waals surface area contributed by atoms with Crippen LogP contribution >= 0.6 is 11.5 Å². The Balaban J connectivity index is 1.72. The van der Waals surface area contributed by atoms with Gasteiger partial charge in [-0.25, -0.2) is 4.98 Å². The molecule has 1 aliphatic rings. The van der Waals surface area contributed by atoms with Gasteiger partial charge in [-0.1, -0.05) is 6.42 Å². The lowest BCUT2D eigenvalue weighted by atomic mass is 10.1. The maximum absolute atomic E-state index is 4.07. The Bertz CT molecular complexity index is 230. The van der Waals surface area contributed by atoms with Gasteiger partial charge in [-0.3, -0.25) is 0 Å². The summed E-state index contributed by atoms with van der Waals surface area (Å²) in [6.45, 7) is 2.12. The van der Waals surface area contributed by atoms with Crippen LogP contribution in [0.5, 0.6) is 0 Å². The topological polar surface area (TPSA) is 49.8 Å². The summed E-state index contributed by atoms with van der Waals surface area (Å²) in [5.41, 5.74) is 0. The van der Waals surface area contributed by atoms with Crippen molar-refractivity contribution < 1.29 is 0 Å². The van der Waals surface area contributed by atoms with E-state index in [1.807, 2.05) is 0 Å².